The summed E-state index contributed by atoms with van der Waals surface area (Å²) in [7, 11) is 0. The predicted molar refractivity (Wildman–Crippen MR) is 65.8 cm³/mol. The average molecular weight is 238 g/mol. The van der Waals surface area contributed by atoms with Crippen molar-refractivity contribution in [3.8, 4) is 5.75 Å². The first-order valence-corrected chi connectivity index (χ1v) is 5.34. The van der Waals surface area contributed by atoms with E-state index in [1.165, 1.54) is 6.07 Å². The van der Waals surface area contributed by atoms with Crippen molar-refractivity contribution in [2.45, 2.75) is 25.9 Å². The Bertz CT molecular complexity index is 411. The number of rotatable bonds is 5. The van der Waals surface area contributed by atoms with E-state index in [0.29, 0.717) is 17.9 Å². The lowest BCUT2D eigenvalue weighted by atomic mass is 10.1. The number of ether oxygens (including phenoxy) is 1. The normalized spacial score (nSPS) is 11.2. The van der Waals surface area contributed by atoms with Gasteiger partial charge in [-0.2, -0.15) is 0 Å². The first-order valence-electron chi connectivity index (χ1n) is 5.34. The van der Waals surface area contributed by atoms with Gasteiger partial charge in [-0.1, -0.05) is 0 Å². The van der Waals surface area contributed by atoms with Crippen LogP contribution in [0.25, 0.3) is 0 Å². The summed E-state index contributed by atoms with van der Waals surface area (Å²) in [5.41, 5.74) is 10.8. The molecule has 94 valence electrons. The smallest absolute Gasteiger partial charge is 0.252 e. The monoisotopic (exact) mass is 238 g/mol. The summed E-state index contributed by atoms with van der Waals surface area (Å²) in [6.45, 7) is 3.66. The second-order valence-corrected chi connectivity index (χ2v) is 4.53. The van der Waals surface area contributed by atoms with E-state index in [2.05, 4.69) is 0 Å². The molecular weight excluding hydrogens is 220 g/mol. The summed E-state index contributed by atoms with van der Waals surface area (Å²) in [4.78, 5) is 11.1. The minimum atomic E-state index is -0.812. The molecule has 5 nitrogen and oxygen atoms in total. The van der Waals surface area contributed by atoms with Gasteiger partial charge in [0.25, 0.3) is 5.91 Å². The second-order valence-electron chi connectivity index (χ2n) is 4.53. The van der Waals surface area contributed by atoms with Crippen molar-refractivity contribution < 1.29 is 14.6 Å². The topological polar surface area (TPSA) is 98.6 Å². The quantitative estimate of drug-likeness (QED) is 0.664. The van der Waals surface area contributed by atoms with Crippen LogP contribution in [0.2, 0.25) is 0 Å². The molecular formula is C12H18N2O3. The number of primary amides is 1. The summed E-state index contributed by atoms with van der Waals surface area (Å²) in [5.74, 6) is -0.218. The van der Waals surface area contributed by atoms with E-state index in [9.17, 15) is 9.90 Å². The number of aliphatic hydroxyl groups is 1. The second kappa shape index (κ2) is 5.05. The summed E-state index contributed by atoms with van der Waals surface area (Å²) in [5, 5.41) is 9.53. The molecule has 5 N–H and O–H groups in total. The van der Waals surface area contributed by atoms with Crippen molar-refractivity contribution in [1.82, 2.24) is 0 Å². The summed E-state index contributed by atoms with van der Waals surface area (Å²) >= 11 is 0. The molecule has 0 saturated heterocycles. The lowest BCUT2D eigenvalue weighted by Crippen LogP contribution is -2.22. The van der Waals surface area contributed by atoms with Crippen molar-refractivity contribution in [3.05, 3.63) is 23.8 Å². The molecule has 0 aromatic heterocycles. The summed E-state index contributed by atoms with van der Waals surface area (Å²) in [6.07, 6.45) is 0.444. The Hall–Kier alpha value is -1.75. The Labute approximate surface area is 100 Å². The fourth-order valence-corrected chi connectivity index (χ4v) is 1.27. The van der Waals surface area contributed by atoms with Gasteiger partial charge in [0.15, 0.2) is 0 Å². The molecule has 0 heterocycles. The maximum atomic E-state index is 11.1. The molecule has 0 atom stereocenters. The van der Waals surface area contributed by atoms with E-state index in [4.69, 9.17) is 16.2 Å². The molecule has 1 aromatic rings. The highest BCUT2D eigenvalue weighted by Gasteiger charge is 2.14. The highest BCUT2D eigenvalue weighted by Crippen LogP contribution is 2.22. The van der Waals surface area contributed by atoms with Gasteiger partial charge in [-0.05, 0) is 26.0 Å². The van der Waals surface area contributed by atoms with Gasteiger partial charge in [0.1, 0.15) is 5.75 Å². The van der Waals surface area contributed by atoms with Gasteiger partial charge in [-0.25, -0.2) is 0 Å². The zero-order valence-electron chi connectivity index (χ0n) is 10.1. The van der Waals surface area contributed by atoms with E-state index in [1.807, 2.05) is 0 Å². The summed E-state index contributed by atoms with van der Waals surface area (Å²) < 4.78 is 5.41. The van der Waals surface area contributed by atoms with Crippen molar-refractivity contribution >= 4 is 11.6 Å². The van der Waals surface area contributed by atoms with Crippen LogP contribution < -0.4 is 16.2 Å². The molecule has 0 unspecified atom stereocenters. The third-order valence-corrected chi connectivity index (χ3v) is 2.24. The number of hydrogen-bond donors (Lipinski definition) is 3. The van der Waals surface area contributed by atoms with Crippen LogP contribution in [0.3, 0.4) is 0 Å². The standard InChI is InChI=1S/C12H18N2O3/c1-12(2,16)5-6-17-10-7-8(13)3-4-9(10)11(14)15/h3-4,7,16H,5-6,13H2,1-2H3,(H2,14,15). The lowest BCUT2D eigenvalue weighted by Gasteiger charge is -2.17. The molecule has 0 radical (unpaired) electrons. The van der Waals surface area contributed by atoms with Crippen LogP contribution in [0.15, 0.2) is 18.2 Å². The van der Waals surface area contributed by atoms with Crippen molar-refractivity contribution in [1.29, 1.82) is 0 Å². The van der Waals surface area contributed by atoms with Crippen LogP contribution in [0.4, 0.5) is 5.69 Å². The third kappa shape index (κ3) is 4.32. The number of nitrogens with two attached hydrogens (primary N) is 2. The Balaban J connectivity index is 2.75. The number of carbonyl (C=O) groups excluding carboxylic acids is 1. The number of benzene rings is 1. The molecule has 0 fully saturated rings. The van der Waals surface area contributed by atoms with Crippen molar-refractivity contribution in [2.24, 2.45) is 5.73 Å². The van der Waals surface area contributed by atoms with Crippen LogP contribution in [0.5, 0.6) is 5.75 Å². The number of amides is 1. The van der Waals surface area contributed by atoms with E-state index < -0.39 is 11.5 Å². The van der Waals surface area contributed by atoms with Crippen LogP contribution in [0, 0.1) is 0 Å². The van der Waals surface area contributed by atoms with E-state index in [1.54, 1.807) is 26.0 Å². The van der Waals surface area contributed by atoms with Gasteiger partial charge in [0, 0.05) is 18.2 Å². The van der Waals surface area contributed by atoms with Gasteiger partial charge in [0.05, 0.1) is 17.8 Å². The van der Waals surface area contributed by atoms with Gasteiger partial charge in [-0.15, -0.1) is 0 Å². The molecule has 1 aromatic carbocycles. The average Bonchev–Trinajstić information content (AvgIpc) is 2.15. The minimum Gasteiger partial charge on any atom is -0.493 e. The molecule has 0 aliphatic heterocycles. The number of anilines is 1. The first kappa shape index (κ1) is 13.3. The molecule has 0 saturated carbocycles. The van der Waals surface area contributed by atoms with E-state index >= 15 is 0 Å². The molecule has 1 amide bonds. The molecule has 1 rings (SSSR count). The largest absolute Gasteiger partial charge is 0.493 e. The maximum absolute atomic E-state index is 11.1. The molecule has 0 aliphatic rings. The Morgan fingerprint density at radius 2 is 2.12 bits per heavy atom. The Kier molecular flexibility index (Phi) is 3.96. The zero-order chi connectivity index (χ0) is 13.1. The van der Waals surface area contributed by atoms with E-state index in [0.717, 1.165) is 0 Å². The SMILES string of the molecule is CC(C)(O)CCOc1cc(N)ccc1C(N)=O. The van der Waals surface area contributed by atoms with Gasteiger partial charge in [-0.3, -0.25) is 4.79 Å². The molecule has 5 heteroatoms. The molecule has 0 bridgehead atoms. The van der Waals surface area contributed by atoms with Crippen LogP contribution in [0.1, 0.15) is 30.6 Å². The predicted octanol–water partition coefficient (Wildman–Crippen LogP) is 0.908. The highest BCUT2D eigenvalue weighted by atomic mass is 16.5. The van der Waals surface area contributed by atoms with Gasteiger partial charge < -0.3 is 21.3 Å². The van der Waals surface area contributed by atoms with Crippen LogP contribution in [-0.4, -0.2) is 23.2 Å². The van der Waals surface area contributed by atoms with Crippen molar-refractivity contribution in [3.63, 3.8) is 0 Å². The number of nitrogen functional groups attached to an aromatic ring is 1. The summed E-state index contributed by atoms with van der Waals surface area (Å²) in [6, 6.07) is 4.66. The van der Waals surface area contributed by atoms with Gasteiger partial charge in [0.2, 0.25) is 0 Å². The molecule has 17 heavy (non-hydrogen) atoms. The number of carbonyl (C=O) groups is 1. The number of hydrogen-bond acceptors (Lipinski definition) is 4. The molecule has 0 aliphatic carbocycles. The van der Waals surface area contributed by atoms with Gasteiger partial charge >= 0.3 is 0 Å². The molecule has 0 spiro atoms. The fourth-order valence-electron chi connectivity index (χ4n) is 1.27. The van der Waals surface area contributed by atoms with Crippen molar-refractivity contribution in [2.75, 3.05) is 12.3 Å². The zero-order valence-corrected chi connectivity index (χ0v) is 10.1. The van der Waals surface area contributed by atoms with Crippen LogP contribution in [-0.2, 0) is 0 Å². The maximum Gasteiger partial charge on any atom is 0.252 e. The highest BCUT2D eigenvalue weighted by molar-refractivity contribution is 5.96. The van der Waals surface area contributed by atoms with Crippen LogP contribution >= 0.6 is 0 Å². The lowest BCUT2D eigenvalue weighted by molar-refractivity contribution is 0.0552. The van der Waals surface area contributed by atoms with E-state index in [-0.39, 0.29) is 12.2 Å². The first-order chi connectivity index (χ1) is 7.79. The third-order valence-electron chi connectivity index (χ3n) is 2.24. The minimum absolute atomic E-state index is 0.285. The Morgan fingerprint density at radius 3 is 2.65 bits per heavy atom. The fraction of sp³-hybridized carbons (Fsp3) is 0.417. The Morgan fingerprint density at radius 1 is 1.47 bits per heavy atom.